The Labute approximate surface area is 137 Å². The van der Waals surface area contributed by atoms with Crippen molar-refractivity contribution >= 4 is 23.2 Å². The Kier molecular flexibility index (Phi) is 5.25. The first-order chi connectivity index (χ1) is 9.78. The lowest BCUT2D eigenvalue weighted by atomic mass is 9.68. The molecule has 0 amide bonds. The topological polar surface area (TPSA) is 35.2 Å². The van der Waals surface area contributed by atoms with Crippen molar-refractivity contribution in [1.29, 1.82) is 0 Å². The molecule has 2 N–H and O–H groups in total. The molecule has 0 radical (unpaired) electrons. The zero-order chi connectivity index (χ0) is 15.7. The normalized spacial score (nSPS) is 22.0. The average molecular weight is 330 g/mol. The van der Waals surface area contributed by atoms with E-state index in [1.807, 2.05) is 18.2 Å². The lowest BCUT2D eigenvalue weighted by Crippen LogP contribution is -2.53. The van der Waals surface area contributed by atoms with Crippen LogP contribution in [0.4, 0.5) is 0 Å². The fraction of sp³-hybridized carbons (Fsp3) is 0.647. The molecule has 21 heavy (non-hydrogen) atoms. The Morgan fingerprint density at radius 3 is 2.29 bits per heavy atom. The summed E-state index contributed by atoms with van der Waals surface area (Å²) in [6.45, 7) is 4.63. The number of benzene rings is 1. The van der Waals surface area contributed by atoms with Crippen molar-refractivity contribution in [2.24, 2.45) is 11.1 Å². The number of methoxy groups -OCH3 is 1. The standard InChI is InChI=1S/C17H25Cl2NO/c1-16(2)6-8-17(21-3,9-7-16)15(20)11-12-4-5-13(18)14(19)10-12/h4-5,10,15H,6-9,11,20H2,1-3H3. The van der Waals surface area contributed by atoms with Gasteiger partial charge >= 0.3 is 0 Å². The van der Waals surface area contributed by atoms with Gasteiger partial charge in [0.25, 0.3) is 0 Å². The van der Waals surface area contributed by atoms with Gasteiger partial charge in [-0.3, -0.25) is 0 Å². The van der Waals surface area contributed by atoms with Crippen LogP contribution in [0.5, 0.6) is 0 Å². The highest BCUT2D eigenvalue weighted by molar-refractivity contribution is 6.42. The largest absolute Gasteiger partial charge is 0.377 e. The minimum absolute atomic E-state index is 0.0316. The molecule has 0 aliphatic heterocycles. The Balaban J connectivity index is 2.10. The van der Waals surface area contributed by atoms with Crippen LogP contribution in [0.3, 0.4) is 0 Å². The first kappa shape index (κ1) is 17.1. The molecule has 4 heteroatoms. The third-order valence-electron chi connectivity index (χ3n) is 4.97. The van der Waals surface area contributed by atoms with Crippen molar-refractivity contribution in [2.75, 3.05) is 7.11 Å². The summed E-state index contributed by atoms with van der Waals surface area (Å²) in [5, 5.41) is 1.16. The van der Waals surface area contributed by atoms with Crippen molar-refractivity contribution in [3.8, 4) is 0 Å². The lowest BCUT2D eigenvalue weighted by molar-refractivity contribution is -0.0781. The van der Waals surface area contributed by atoms with Gasteiger partial charge in [-0.05, 0) is 55.2 Å². The second kappa shape index (κ2) is 6.45. The summed E-state index contributed by atoms with van der Waals surface area (Å²) in [6, 6.07) is 5.69. The van der Waals surface area contributed by atoms with E-state index in [1.165, 1.54) is 0 Å². The second-order valence-electron chi connectivity index (χ2n) is 6.99. The van der Waals surface area contributed by atoms with E-state index in [0.717, 1.165) is 37.7 Å². The van der Waals surface area contributed by atoms with Gasteiger partial charge in [-0.25, -0.2) is 0 Å². The fourth-order valence-corrected chi connectivity index (χ4v) is 3.50. The Bertz CT molecular complexity index is 492. The van der Waals surface area contributed by atoms with Gasteiger partial charge in [0.2, 0.25) is 0 Å². The fourth-order valence-electron chi connectivity index (χ4n) is 3.18. The van der Waals surface area contributed by atoms with Crippen LogP contribution >= 0.6 is 23.2 Å². The van der Waals surface area contributed by atoms with Crippen molar-refractivity contribution in [1.82, 2.24) is 0 Å². The number of halogens is 2. The molecule has 2 rings (SSSR count). The maximum Gasteiger partial charge on any atom is 0.0832 e. The van der Waals surface area contributed by atoms with Gasteiger partial charge in [-0.2, -0.15) is 0 Å². The van der Waals surface area contributed by atoms with Gasteiger partial charge in [0.05, 0.1) is 15.6 Å². The second-order valence-corrected chi connectivity index (χ2v) is 7.81. The molecule has 0 spiro atoms. The summed E-state index contributed by atoms with van der Waals surface area (Å²) < 4.78 is 5.88. The smallest absolute Gasteiger partial charge is 0.0832 e. The molecule has 0 heterocycles. The average Bonchev–Trinajstić information content (AvgIpc) is 2.43. The maximum atomic E-state index is 6.50. The first-order valence-corrected chi connectivity index (χ1v) is 8.28. The minimum atomic E-state index is -0.221. The Hall–Kier alpha value is -0.280. The summed E-state index contributed by atoms with van der Waals surface area (Å²) in [5.74, 6) is 0. The molecule has 0 saturated heterocycles. The van der Waals surface area contributed by atoms with Crippen molar-refractivity contribution in [2.45, 2.75) is 57.6 Å². The molecule has 1 aromatic carbocycles. The van der Waals surface area contributed by atoms with Crippen molar-refractivity contribution in [3.05, 3.63) is 33.8 Å². The zero-order valence-corrected chi connectivity index (χ0v) is 14.6. The van der Waals surface area contributed by atoms with Crippen molar-refractivity contribution in [3.63, 3.8) is 0 Å². The summed E-state index contributed by atoms with van der Waals surface area (Å²) in [7, 11) is 1.78. The van der Waals surface area contributed by atoms with Crippen LogP contribution in [0.25, 0.3) is 0 Å². The number of rotatable bonds is 4. The van der Waals surface area contributed by atoms with Crippen LogP contribution in [0.15, 0.2) is 18.2 Å². The molecule has 1 aliphatic rings. The van der Waals surface area contributed by atoms with E-state index in [0.29, 0.717) is 15.5 Å². The van der Waals surface area contributed by atoms with E-state index in [2.05, 4.69) is 13.8 Å². The summed E-state index contributed by atoms with van der Waals surface area (Å²) >= 11 is 12.0. The molecule has 118 valence electrons. The highest BCUT2D eigenvalue weighted by Gasteiger charge is 2.42. The third kappa shape index (κ3) is 3.92. The van der Waals surface area contributed by atoms with Gasteiger partial charge < -0.3 is 10.5 Å². The van der Waals surface area contributed by atoms with E-state index >= 15 is 0 Å². The maximum absolute atomic E-state index is 6.50. The van der Waals surface area contributed by atoms with Gasteiger partial charge in [-0.15, -0.1) is 0 Å². The first-order valence-electron chi connectivity index (χ1n) is 7.53. The molecular formula is C17H25Cl2NO. The van der Waals surface area contributed by atoms with Gasteiger partial charge in [-0.1, -0.05) is 43.1 Å². The highest BCUT2D eigenvalue weighted by Crippen LogP contribution is 2.43. The number of nitrogens with two attached hydrogens (primary N) is 1. The number of hydrogen-bond donors (Lipinski definition) is 1. The molecule has 0 aromatic heterocycles. The van der Waals surface area contributed by atoms with E-state index < -0.39 is 0 Å². The SMILES string of the molecule is COC1(C(N)Cc2ccc(Cl)c(Cl)c2)CCC(C)(C)CC1. The summed E-state index contributed by atoms with van der Waals surface area (Å²) in [4.78, 5) is 0. The Morgan fingerprint density at radius 1 is 1.14 bits per heavy atom. The lowest BCUT2D eigenvalue weighted by Gasteiger charge is -2.46. The summed E-state index contributed by atoms with van der Waals surface area (Å²) in [5.41, 5.74) is 7.78. The molecule has 2 nitrogen and oxygen atoms in total. The quantitative estimate of drug-likeness (QED) is 0.856. The molecule has 1 atom stereocenters. The Morgan fingerprint density at radius 2 is 1.76 bits per heavy atom. The van der Waals surface area contributed by atoms with E-state index in [1.54, 1.807) is 7.11 Å². The van der Waals surface area contributed by atoms with E-state index in [4.69, 9.17) is 33.7 Å². The highest BCUT2D eigenvalue weighted by atomic mass is 35.5. The van der Waals surface area contributed by atoms with Crippen LogP contribution in [0.1, 0.15) is 45.1 Å². The van der Waals surface area contributed by atoms with Crippen LogP contribution in [-0.4, -0.2) is 18.8 Å². The molecule has 1 unspecified atom stereocenters. The van der Waals surface area contributed by atoms with Crippen LogP contribution < -0.4 is 5.73 Å². The molecule has 1 fully saturated rings. The summed E-state index contributed by atoms with van der Waals surface area (Å²) in [6.07, 6.45) is 5.08. The third-order valence-corrected chi connectivity index (χ3v) is 5.71. The predicted octanol–water partition coefficient (Wildman–Crippen LogP) is 4.85. The van der Waals surface area contributed by atoms with E-state index in [-0.39, 0.29) is 11.6 Å². The van der Waals surface area contributed by atoms with Crippen LogP contribution in [0, 0.1) is 5.41 Å². The van der Waals surface area contributed by atoms with Crippen molar-refractivity contribution < 1.29 is 4.74 Å². The monoisotopic (exact) mass is 329 g/mol. The van der Waals surface area contributed by atoms with Crippen LogP contribution in [-0.2, 0) is 11.2 Å². The molecule has 1 aliphatic carbocycles. The molecule has 0 bridgehead atoms. The predicted molar refractivity (Wildman–Crippen MR) is 90.1 cm³/mol. The minimum Gasteiger partial charge on any atom is -0.377 e. The van der Waals surface area contributed by atoms with E-state index in [9.17, 15) is 0 Å². The number of ether oxygens (including phenoxy) is 1. The molecular weight excluding hydrogens is 305 g/mol. The zero-order valence-electron chi connectivity index (χ0n) is 13.1. The molecule has 1 saturated carbocycles. The van der Waals surface area contributed by atoms with Gasteiger partial charge in [0.1, 0.15) is 0 Å². The number of hydrogen-bond acceptors (Lipinski definition) is 2. The van der Waals surface area contributed by atoms with Gasteiger partial charge in [0, 0.05) is 13.2 Å². The molecule has 1 aromatic rings. The van der Waals surface area contributed by atoms with Gasteiger partial charge in [0.15, 0.2) is 0 Å². The van der Waals surface area contributed by atoms with Crippen LogP contribution in [0.2, 0.25) is 10.0 Å².